The topological polar surface area (TPSA) is 60.9 Å². The van der Waals surface area contributed by atoms with Gasteiger partial charge in [-0.2, -0.15) is 5.10 Å². The fourth-order valence-electron chi connectivity index (χ4n) is 3.34. The number of rotatable bonds is 2. The first-order valence-corrected chi connectivity index (χ1v) is 7.79. The highest BCUT2D eigenvalue weighted by molar-refractivity contribution is 6.18. The van der Waals surface area contributed by atoms with Crippen LogP contribution in [0.3, 0.4) is 0 Å². The molecule has 0 aliphatic rings. The van der Waals surface area contributed by atoms with Gasteiger partial charge in [0.05, 0.1) is 22.2 Å². The zero-order chi connectivity index (χ0) is 16.1. The van der Waals surface area contributed by atoms with Crippen molar-refractivity contribution >= 4 is 32.8 Å². The maximum absolute atomic E-state index is 12.6. The standard InChI is InChI=1S/C18H17N3O2/c1-4-7-12-16-15(14-10(2)20-21(3)17(14)19-12)11-8-5-6-9-13(11)23-18(16)22/h5-6,8-9H,4,7H2,1-3H3. The molecule has 0 fully saturated rings. The first-order chi connectivity index (χ1) is 11.1. The van der Waals surface area contributed by atoms with Crippen LogP contribution in [0, 0.1) is 6.92 Å². The first kappa shape index (κ1) is 13.9. The summed E-state index contributed by atoms with van der Waals surface area (Å²) >= 11 is 0. The summed E-state index contributed by atoms with van der Waals surface area (Å²) in [5, 5.41) is 7.87. The van der Waals surface area contributed by atoms with Crippen molar-refractivity contribution in [2.75, 3.05) is 0 Å². The molecule has 1 aromatic carbocycles. The molecule has 3 aromatic heterocycles. The SMILES string of the molecule is CCCc1nc2c(c(C)nn2C)c2c1c(=O)oc1ccccc12. The van der Waals surface area contributed by atoms with Crippen molar-refractivity contribution in [3.63, 3.8) is 0 Å². The Morgan fingerprint density at radius 1 is 1.17 bits per heavy atom. The van der Waals surface area contributed by atoms with Crippen molar-refractivity contribution in [2.45, 2.75) is 26.7 Å². The number of aryl methyl sites for hydroxylation is 3. The number of nitrogens with zero attached hydrogens (tertiary/aromatic N) is 3. The van der Waals surface area contributed by atoms with Gasteiger partial charge in [0, 0.05) is 17.8 Å². The van der Waals surface area contributed by atoms with E-state index < -0.39 is 0 Å². The summed E-state index contributed by atoms with van der Waals surface area (Å²) in [7, 11) is 1.89. The molecule has 0 bridgehead atoms. The third-order valence-electron chi connectivity index (χ3n) is 4.27. The summed E-state index contributed by atoms with van der Waals surface area (Å²) in [4.78, 5) is 17.3. The van der Waals surface area contributed by atoms with Crippen LogP contribution in [0.4, 0.5) is 0 Å². The number of para-hydroxylation sites is 1. The molecular weight excluding hydrogens is 290 g/mol. The molecule has 5 heteroatoms. The van der Waals surface area contributed by atoms with Gasteiger partial charge in [-0.25, -0.2) is 9.78 Å². The van der Waals surface area contributed by atoms with E-state index in [-0.39, 0.29) is 5.63 Å². The van der Waals surface area contributed by atoms with E-state index in [0.717, 1.165) is 46.0 Å². The zero-order valence-electron chi connectivity index (χ0n) is 13.4. The second-order valence-electron chi connectivity index (χ2n) is 5.85. The monoisotopic (exact) mass is 307 g/mol. The van der Waals surface area contributed by atoms with E-state index in [1.54, 1.807) is 4.68 Å². The maximum Gasteiger partial charge on any atom is 0.346 e. The summed E-state index contributed by atoms with van der Waals surface area (Å²) in [5.74, 6) is 0. The molecule has 0 radical (unpaired) electrons. The third-order valence-corrected chi connectivity index (χ3v) is 4.27. The van der Waals surface area contributed by atoms with Crippen LogP contribution >= 0.6 is 0 Å². The van der Waals surface area contributed by atoms with Crippen molar-refractivity contribution in [1.29, 1.82) is 0 Å². The average molecular weight is 307 g/mol. The van der Waals surface area contributed by atoms with Gasteiger partial charge in [0.2, 0.25) is 0 Å². The molecule has 3 heterocycles. The van der Waals surface area contributed by atoms with Crippen LogP contribution in [-0.4, -0.2) is 14.8 Å². The highest BCUT2D eigenvalue weighted by Gasteiger charge is 2.19. The Morgan fingerprint density at radius 2 is 1.96 bits per heavy atom. The van der Waals surface area contributed by atoms with Gasteiger partial charge in [0.15, 0.2) is 5.65 Å². The van der Waals surface area contributed by atoms with Gasteiger partial charge in [-0.1, -0.05) is 31.5 Å². The quantitative estimate of drug-likeness (QED) is 0.420. The van der Waals surface area contributed by atoms with Crippen LogP contribution in [0.5, 0.6) is 0 Å². The number of fused-ring (bicyclic) bond motifs is 5. The Kier molecular flexibility index (Phi) is 2.98. The van der Waals surface area contributed by atoms with Crippen LogP contribution in [-0.2, 0) is 13.5 Å². The fraction of sp³-hybridized carbons (Fsp3) is 0.278. The van der Waals surface area contributed by atoms with Gasteiger partial charge in [-0.15, -0.1) is 0 Å². The lowest BCUT2D eigenvalue weighted by atomic mass is 10.0. The smallest absolute Gasteiger partial charge is 0.346 e. The van der Waals surface area contributed by atoms with Gasteiger partial charge in [0.1, 0.15) is 5.58 Å². The molecule has 23 heavy (non-hydrogen) atoms. The molecule has 0 amide bonds. The normalized spacial score (nSPS) is 11.8. The first-order valence-electron chi connectivity index (χ1n) is 7.79. The molecule has 0 spiro atoms. The minimum Gasteiger partial charge on any atom is -0.422 e. The largest absolute Gasteiger partial charge is 0.422 e. The molecule has 0 aliphatic carbocycles. The Hall–Kier alpha value is -2.69. The van der Waals surface area contributed by atoms with Gasteiger partial charge in [-0.3, -0.25) is 4.68 Å². The van der Waals surface area contributed by atoms with E-state index >= 15 is 0 Å². The summed E-state index contributed by atoms with van der Waals surface area (Å²) in [6.45, 7) is 4.03. The second-order valence-corrected chi connectivity index (χ2v) is 5.85. The number of hydrogen-bond donors (Lipinski definition) is 0. The van der Waals surface area contributed by atoms with E-state index in [0.29, 0.717) is 11.0 Å². The second kappa shape index (κ2) is 4.91. The molecule has 0 atom stereocenters. The Balaban J connectivity index is 2.40. The number of benzene rings is 1. The zero-order valence-corrected chi connectivity index (χ0v) is 13.4. The molecule has 4 rings (SSSR count). The molecule has 0 saturated heterocycles. The van der Waals surface area contributed by atoms with Gasteiger partial charge < -0.3 is 4.42 Å². The predicted molar refractivity (Wildman–Crippen MR) is 90.8 cm³/mol. The third kappa shape index (κ3) is 1.89. The molecule has 0 aliphatic heterocycles. The Bertz CT molecular complexity index is 1120. The Morgan fingerprint density at radius 3 is 2.74 bits per heavy atom. The van der Waals surface area contributed by atoms with Gasteiger partial charge in [0.25, 0.3) is 0 Å². The summed E-state index contributed by atoms with van der Waals surface area (Å²) < 4.78 is 7.32. The van der Waals surface area contributed by atoms with Gasteiger partial charge >= 0.3 is 5.63 Å². The Labute approximate surface area is 132 Å². The minimum absolute atomic E-state index is 0.320. The van der Waals surface area contributed by atoms with E-state index in [9.17, 15) is 4.79 Å². The van der Waals surface area contributed by atoms with Crippen molar-refractivity contribution in [2.24, 2.45) is 7.05 Å². The maximum atomic E-state index is 12.6. The van der Waals surface area contributed by atoms with E-state index in [1.165, 1.54) is 0 Å². The van der Waals surface area contributed by atoms with Crippen LogP contribution in [0.15, 0.2) is 33.5 Å². The van der Waals surface area contributed by atoms with Crippen LogP contribution in [0.1, 0.15) is 24.7 Å². The molecule has 5 nitrogen and oxygen atoms in total. The summed E-state index contributed by atoms with van der Waals surface area (Å²) in [5.41, 5.74) is 2.76. The highest BCUT2D eigenvalue weighted by atomic mass is 16.4. The number of hydrogen-bond acceptors (Lipinski definition) is 4. The predicted octanol–water partition coefficient (Wildman–Crippen LogP) is 3.49. The molecule has 0 N–H and O–H groups in total. The van der Waals surface area contributed by atoms with E-state index in [2.05, 4.69) is 12.0 Å². The molecule has 0 unspecified atom stereocenters. The van der Waals surface area contributed by atoms with Crippen LogP contribution in [0.2, 0.25) is 0 Å². The van der Waals surface area contributed by atoms with Gasteiger partial charge in [-0.05, 0) is 19.4 Å². The van der Waals surface area contributed by atoms with Crippen molar-refractivity contribution in [1.82, 2.24) is 14.8 Å². The van der Waals surface area contributed by atoms with Crippen LogP contribution in [0.25, 0.3) is 32.8 Å². The van der Waals surface area contributed by atoms with Crippen molar-refractivity contribution < 1.29 is 4.42 Å². The molecule has 4 aromatic rings. The lowest BCUT2D eigenvalue weighted by Gasteiger charge is -2.08. The minimum atomic E-state index is -0.320. The highest BCUT2D eigenvalue weighted by Crippen LogP contribution is 2.32. The fourth-order valence-corrected chi connectivity index (χ4v) is 3.34. The lowest BCUT2D eigenvalue weighted by molar-refractivity contribution is 0.568. The lowest BCUT2D eigenvalue weighted by Crippen LogP contribution is -2.07. The van der Waals surface area contributed by atoms with E-state index in [4.69, 9.17) is 9.40 Å². The van der Waals surface area contributed by atoms with Crippen molar-refractivity contribution in [3.8, 4) is 0 Å². The van der Waals surface area contributed by atoms with E-state index in [1.807, 2.05) is 38.2 Å². The summed E-state index contributed by atoms with van der Waals surface area (Å²) in [6, 6.07) is 7.65. The van der Waals surface area contributed by atoms with Crippen LogP contribution < -0.4 is 5.63 Å². The van der Waals surface area contributed by atoms with Crippen molar-refractivity contribution in [3.05, 3.63) is 46.1 Å². The summed E-state index contributed by atoms with van der Waals surface area (Å²) in [6.07, 6.45) is 1.65. The molecule has 0 saturated carbocycles. The molecular formula is C18H17N3O2. The molecule has 116 valence electrons. The number of pyridine rings is 1. The number of aromatic nitrogens is 3. The average Bonchev–Trinajstić information content (AvgIpc) is 2.81.